The van der Waals surface area contributed by atoms with Gasteiger partial charge in [-0.15, -0.1) is 0 Å². The zero-order chi connectivity index (χ0) is 16.2. The molecule has 0 bridgehead atoms. The predicted molar refractivity (Wildman–Crippen MR) is 76.9 cm³/mol. The molecule has 2 N–H and O–H groups in total. The topological polar surface area (TPSA) is 114 Å². The molecule has 0 aliphatic heterocycles. The number of benzene rings is 1. The van der Waals surface area contributed by atoms with Gasteiger partial charge in [0, 0.05) is 6.20 Å². The van der Waals surface area contributed by atoms with Gasteiger partial charge in [-0.1, -0.05) is 6.07 Å². The number of aromatic carboxylic acids is 1. The first kappa shape index (κ1) is 15.8. The summed E-state index contributed by atoms with van der Waals surface area (Å²) in [4.78, 5) is 14.6. The third-order valence-electron chi connectivity index (χ3n) is 2.78. The van der Waals surface area contributed by atoms with Crippen LogP contribution in [0.4, 0.5) is 0 Å². The fourth-order valence-corrected chi connectivity index (χ4v) is 2.70. The van der Waals surface area contributed by atoms with Gasteiger partial charge in [0.25, 0.3) is 0 Å². The van der Waals surface area contributed by atoms with Crippen molar-refractivity contribution in [2.75, 3.05) is 12.4 Å². The first-order valence-electron chi connectivity index (χ1n) is 6.23. The molecular formula is C14H13NO6S. The van der Waals surface area contributed by atoms with Crippen LogP contribution in [-0.4, -0.2) is 41.9 Å². The number of rotatable bonds is 6. The molecule has 0 saturated heterocycles. The predicted octanol–water partition coefficient (Wildman–Crippen LogP) is 1.34. The van der Waals surface area contributed by atoms with E-state index in [1.807, 2.05) is 0 Å². The molecule has 0 saturated carbocycles. The van der Waals surface area contributed by atoms with Crippen LogP contribution in [0.5, 0.6) is 11.5 Å². The van der Waals surface area contributed by atoms with E-state index in [1.165, 1.54) is 24.4 Å². The second kappa shape index (κ2) is 6.44. The lowest BCUT2D eigenvalue weighted by Gasteiger charge is -2.08. The Morgan fingerprint density at radius 2 is 2.00 bits per heavy atom. The first-order valence-corrected chi connectivity index (χ1v) is 7.88. The molecule has 1 aromatic heterocycles. The van der Waals surface area contributed by atoms with Crippen molar-refractivity contribution in [1.29, 1.82) is 0 Å². The summed E-state index contributed by atoms with van der Waals surface area (Å²) in [6.07, 6.45) is 1.38. The van der Waals surface area contributed by atoms with Gasteiger partial charge in [-0.3, -0.25) is 0 Å². The molecule has 0 radical (unpaired) electrons. The summed E-state index contributed by atoms with van der Waals surface area (Å²) >= 11 is 0. The Kier molecular flexibility index (Phi) is 4.62. The first-order chi connectivity index (χ1) is 10.4. The van der Waals surface area contributed by atoms with E-state index in [2.05, 4.69) is 4.98 Å². The van der Waals surface area contributed by atoms with Crippen molar-refractivity contribution in [1.82, 2.24) is 4.98 Å². The normalized spacial score (nSPS) is 11.1. The van der Waals surface area contributed by atoms with Crippen LogP contribution in [0.3, 0.4) is 0 Å². The molecule has 8 heteroatoms. The summed E-state index contributed by atoms with van der Waals surface area (Å²) in [5, 5.41) is 18.2. The Balaban J connectivity index is 2.03. The van der Waals surface area contributed by atoms with Crippen LogP contribution in [0.15, 0.2) is 47.6 Å². The molecule has 0 atom stereocenters. The van der Waals surface area contributed by atoms with E-state index in [0.717, 1.165) is 6.07 Å². The fraction of sp³-hybridized carbons (Fsp3) is 0.143. The summed E-state index contributed by atoms with van der Waals surface area (Å²) in [6, 6.07) is 8.23. The number of carboxylic acid groups (broad SMARTS) is 1. The molecule has 22 heavy (non-hydrogen) atoms. The molecule has 7 nitrogen and oxygen atoms in total. The smallest absolute Gasteiger partial charge is 0.339 e. The number of sulfone groups is 1. The second-order valence-corrected chi connectivity index (χ2v) is 6.38. The van der Waals surface area contributed by atoms with Gasteiger partial charge in [0.15, 0.2) is 14.9 Å². The highest BCUT2D eigenvalue weighted by Crippen LogP contribution is 2.23. The minimum atomic E-state index is -3.57. The van der Waals surface area contributed by atoms with Gasteiger partial charge >= 0.3 is 5.97 Å². The standard InChI is InChI=1S/C14H13NO6S/c16-12-5-4-10(9-11(12)14(17)18)21-7-8-22(19,20)13-3-1-2-6-15-13/h1-6,9,16H,7-8H2,(H,17,18). The third-order valence-corrected chi connectivity index (χ3v) is 4.36. The molecule has 0 amide bonds. The van der Waals surface area contributed by atoms with Gasteiger partial charge in [-0.05, 0) is 30.3 Å². The number of aromatic nitrogens is 1. The second-order valence-electron chi connectivity index (χ2n) is 4.32. The van der Waals surface area contributed by atoms with Crippen LogP contribution in [0, 0.1) is 0 Å². The lowest BCUT2D eigenvalue weighted by molar-refractivity contribution is 0.0693. The van der Waals surface area contributed by atoms with Gasteiger partial charge < -0.3 is 14.9 Å². The largest absolute Gasteiger partial charge is 0.507 e. The summed E-state index contributed by atoms with van der Waals surface area (Å²) in [5.41, 5.74) is -0.315. The van der Waals surface area contributed by atoms with Crippen molar-refractivity contribution < 1.29 is 28.2 Å². The van der Waals surface area contributed by atoms with E-state index in [4.69, 9.17) is 9.84 Å². The number of hydrogen-bond acceptors (Lipinski definition) is 6. The number of aromatic hydroxyl groups is 1. The van der Waals surface area contributed by atoms with Crippen LogP contribution >= 0.6 is 0 Å². The maximum absolute atomic E-state index is 12.0. The monoisotopic (exact) mass is 323 g/mol. The SMILES string of the molecule is O=C(O)c1cc(OCCS(=O)(=O)c2ccccn2)ccc1O. The molecule has 2 rings (SSSR count). The molecule has 2 aromatic rings. The zero-order valence-corrected chi connectivity index (χ0v) is 12.2. The molecule has 0 aliphatic rings. The highest BCUT2D eigenvalue weighted by atomic mass is 32.2. The highest BCUT2D eigenvalue weighted by molar-refractivity contribution is 7.91. The number of carboxylic acids is 1. The summed E-state index contributed by atoms with van der Waals surface area (Å²) < 4.78 is 29.2. The summed E-state index contributed by atoms with van der Waals surface area (Å²) in [5.74, 6) is -1.83. The van der Waals surface area contributed by atoms with Gasteiger partial charge in [-0.2, -0.15) is 0 Å². The Bertz CT molecular complexity index is 773. The van der Waals surface area contributed by atoms with Crippen molar-refractivity contribution >= 4 is 15.8 Å². The molecular weight excluding hydrogens is 310 g/mol. The Labute approximate surface area is 126 Å². The average molecular weight is 323 g/mol. The summed E-state index contributed by atoms with van der Waals surface area (Å²) in [6.45, 7) is -0.164. The lowest BCUT2D eigenvalue weighted by Crippen LogP contribution is -2.15. The zero-order valence-electron chi connectivity index (χ0n) is 11.3. The molecule has 0 unspecified atom stereocenters. The van der Waals surface area contributed by atoms with E-state index in [1.54, 1.807) is 12.1 Å². The number of phenols is 1. The number of nitrogens with zero attached hydrogens (tertiary/aromatic N) is 1. The van der Waals surface area contributed by atoms with Crippen LogP contribution in [-0.2, 0) is 9.84 Å². The molecule has 0 spiro atoms. The Hall–Kier alpha value is -2.61. The average Bonchev–Trinajstić information content (AvgIpc) is 2.49. The van der Waals surface area contributed by atoms with E-state index in [9.17, 15) is 18.3 Å². The van der Waals surface area contributed by atoms with E-state index >= 15 is 0 Å². The Morgan fingerprint density at radius 3 is 2.64 bits per heavy atom. The summed E-state index contributed by atoms with van der Waals surface area (Å²) in [7, 11) is -3.57. The maximum atomic E-state index is 12.0. The third kappa shape index (κ3) is 3.73. The van der Waals surface area contributed by atoms with Gasteiger partial charge in [0.05, 0.1) is 5.75 Å². The number of carbonyl (C=O) groups is 1. The van der Waals surface area contributed by atoms with Crippen molar-refractivity contribution in [3.05, 3.63) is 48.2 Å². The fourth-order valence-electron chi connectivity index (χ4n) is 1.68. The van der Waals surface area contributed by atoms with Crippen molar-refractivity contribution in [2.45, 2.75) is 5.03 Å². The van der Waals surface area contributed by atoms with E-state index < -0.39 is 15.8 Å². The van der Waals surface area contributed by atoms with Crippen LogP contribution in [0.1, 0.15) is 10.4 Å². The minimum Gasteiger partial charge on any atom is -0.507 e. The molecule has 1 heterocycles. The number of ether oxygens (including phenoxy) is 1. The van der Waals surface area contributed by atoms with E-state index in [-0.39, 0.29) is 34.4 Å². The number of hydrogen-bond donors (Lipinski definition) is 2. The van der Waals surface area contributed by atoms with Gasteiger partial charge in [0.2, 0.25) is 0 Å². The molecule has 1 aromatic carbocycles. The van der Waals surface area contributed by atoms with Crippen LogP contribution in [0.25, 0.3) is 0 Å². The quantitative estimate of drug-likeness (QED) is 0.824. The maximum Gasteiger partial charge on any atom is 0.339 e. The van der Waals surface area contributed by atoms with Crippen LogP contribution < -0.4 is 4.74 Å². The lowest BCUT2D eigenvalue weighted by atomic mass is 10.2. The van der Waals surface area contributed by atoms with Crippen LogP contribution in [0.2, 0.25) is 0 Å². The highest BCUT2D eigenvalue weighted by Gasteiger charge is 2.16. The van der Waals surface area contributed by atoms with Gasteiger partial charge in [0.1, 0.15) is 23.7 Å². The van der Waals surface area contributed by atoms with E-state index in [0.29, 0.717) is 0 Å². The Morgan fingerprint density at radius 1 is 1.23 bits per heavy atom. The molecule has 116 valence electrons. The van der Waals surface area contributed by atoms with Crippen molar-refractivity contribution in [2.24, 2.45) is 0 Å². The minimum absolute atomic E-state index is 0.0458. The number of pyridine rings is 1. The molecule has 0 aliphatic carbocycles. The van der Waals surface area contributed by atoms with Crippen molar-refractivity contribution in [3.8, 4) is 11.5 Å². The van der Waals surface area contributed by atoms with Gasteiger partial charge in [-0.25, -0.2) is 18.2 Å². The molecule has 0 fully saturated rings. The van der Waals surface area contributed by atoms with Crippen molar-refractivity contribution in [3.63, 3.8) is 0 Å².